The molecule has 0 aliphatic heterocycles. The van der Waals surface area contributed by atoms with Crippen LogP contribution in [0.25, 0.3) is 125 Å². The third kappa shape index (κ3) is 8.25. The molecule has 3 aromatic heterocycles. The van der Waals surface area contributed by atoms with E-state index in [9.17, 15) is 0 Å². The fraction of sp³-hybridized carbons (Fsp3) is 0. The van der Waals surface area contributed by atoms with Gasteiger partial charge in [-0.3, -0.25) is 0 Å². The Morgan fingerprint density at radius 3 is 1.17 bits per heavy atom. The van der Waals surface area contributed by atoms with Gasteiger partial charge in [-0.05, 0) is 158 Å². The summed E-state index contributed by atoms with van der Waals surface area (Å²) in [5.41, 5.74) is 22.0. The molecule has 0 N–H and O–H groups in total. The molecule has 0 fully saturated rings. The van der Waals surface area contributed by atoms with Gasteiger partial charge in [0.05, 0.1) is 22.2 Å². The number of nitrogens with zero attached hydrogens (tertiary/aromatic N) is 3. The Morgan fingerprint density at radius 1 is 0.221 bits per heavy atom. The first kappa shape index (κ1) is 49.6. The third-order valence-corrected chi connectivity index (χ3v) is 18.5. The van der Waals surface area contributed by atoms with Gasteiger partial charge < -0.3 is 14.2 Å². The molecule has 0 spiro atoms. The van der Waals surface area contributed by atoms with Crippen molar-refractivity contribution >= 4 is 115 Å². The molecule has 17 aromatic rings. The van der Waals surface area contributed by atoms with Crippen molar-refractivity contribution in [3.8, 4) is 55.6 Å². The van der Waals surface area contributed by atoms with Gasteiger partial charge in [-0.2, -0.15) is 0 Å². The van der Waals surface area contributed by atoms with Gasteiger partial charge in [-0.15, -0.1) is 11.3 Å². The van der Waals surface area contributed by atoms with Gasteiger partial charge >= 0.3 is 0 Å². The largest absolute Gasteiger partial charge is 0.310 e. The van der Waals surface area contributed by atoms with Gasteiger partial charge in [0.1, 0.15) is 0 Å². The van der Waals surface area contributed by atoms with E-state index < -0.39 is 0 Å². The molecule has 0 atom stereocenters. The van der Waals surface area contributed by atoms with E-state index in [0.717, 1.165) is 45.3 Å². The van der Waals surface area contributed by atoms with Crippen molar-refractivity contribution in [2.24, 2.45) is 0 Å². The van der Waals surface area contributed by atoms with Crippen molar-refractivity contribution in [2.75, 3.05) is 9.80 Å². The van der Waals surface area contributed by atoms with Crippen LogP contribution in [-0.2, 0) is 0 Å². The third-order valence-electron chi connectivity index (χ3n) is 17.4. The summed E-state index contributed by atoms with van der Waals surface area (Å²) in [6, 6.07) is 118. The Labute approximate surface area is 502 Å². The van der Waals surface area contributed by atoms with Crippen molar-refractivity contribution in [3.05, 3.63) is 322 Å². The maximum atomic E-state index is 2.60. The van der Waals surface area contributed by atoms with E-state index in [-0.39, 0.29) is 0 Å². The average Bonchev–Trinajstić information content (AvgIpc) is 1.63. The minimum Gasteiger partial charge on any atom is -0.310 e. The second-order valence-electron chi connectivity index (χ2n) is 22.4. The molecule has 0 unspecified atom stereocenters. The average molecular weight is 1110 g/mol. The molecule has 86 heavy (non-hydrogen) atoms. The normalized spacial score (nSPS) is 11.7. The molecule has 3 heterocycles. The molecule has 17 rings (SSSR count). The first-order chi connectivity index (χ1) is 42.6. The van der Waals surface area contributed by atoms with Crippen LogP contribution in [0.3, 0.4) is 0 Å². The van der Waals surface area contributed by atoms with Crippen LogP contribution in [0.5, 0.6) is 0 Å². The van der Waals surface area contributed by atoms with E-state index >= 15 is 0 Å². The van der Waals surface area contributed by atoms with Crippen molar-refractivity contribution in [2.45, 2.75) is 0 Å². The summed E-state index contributed by atoms with van der Waals surface area (Å²) in [5.74, 6) is 0. The summed E-state index contributed by atoms with van der Waals surface area (Å²) in [6.45, 7) is 0. The predicted molar refractivity (Wildman–Crippen MR) is 368 cm³/mol. The van der Waals surface area contributed by atoms with Crippen LogP contribution in [-0.4, -0.2) is 4.40 Å². The number of fused-ring (bicyclic) bond motifs is 12. The zero-order chi connectivity index (χ0) is 56.7. The molecule has 0 aliphatic rings. The van der Waals surface area contributed by atoms with Crippen molar-refractivity contribution in [1.82, 2.24) is 4.40 Å². The summed E-state index contributed by atoms with van der Waals surface area (Å²) in [5, 5.41) is 9.96. The van der Waals surface area contributed by atoms with Crippen molar-refractivity contribution in [3.63, 3.8) is 0 Å². The molecule has 14 aromatic carbocycles. The van der Waals surface area contributed by atoms with E-state index in [4.69, 9.17) is 0 Å². The molecule has 0 saturated heterocycles. The predicted octanol–water partition coefficient (Wildman–Crippen LogP) is 23.6. The zero-order valence-electron chi connectivity index (χ0n) is 46.8. The van der Waals surface area contributed by atoms with Crippen LogP contribution in [0.15, 0.2) is 322 Å². The topological polar surface area (TPSA) is 10.9 Å². The molecule has 4 heteroatoms. The quantitative estimate of drug-likeness (QED) is 0.128. The number of anilines is 6. The SMILES string of the molecule is c1ccc(-c2cc(-c3ccccc3)cc(N(c3ccccc3)c3ccc4c(c3)sc3ccc5c(ccc6c7ccc(N(c8ccccc8)c8cc(-c9ccccc9)cc(-c9ccccc9)c8)c8c9cc(-c%10ccccc%10)ccc9n(c56)c78)c34)c2)cc1. The van der Waals surface area contributed by atoms with Crippen molar-refractivity contribution < 1.29 is 0 Å². The molecule has 0 bridgehead atoms. The lowest BCUT2D eigenvalue weighted by Crippen LogP contribution is -2.10. The molecule has 0 aliphatic carbocycles. The fourth-order valence-corrected chi connectivity index (χ4v) is 14.7. The number of aromatic nitrogens is 1. The lowest BCUT2D eigenvalue weighted by atomic mass is 9.96. The highest BCUT2D eigenvalue weighted by Crippen LogP contribution is 2.52. The summed E-state index contributed by atoms with van der Waals surface area (Å²) < 4.78 is 5.11. The van der Waals surface area contributed by atoms with E-state index in [1.165, 1.54) is 114 Å². The number of rotatable bonds is 11. The van der Waals surface area contributed by atoms with Crippen LogP contribution < -0.4 is 9.80 Å². The highest BCUT2D eigenvalue weighted by Gasteiger charge is 2.27. The zero-order valence-corrected chi connectivity index (χ0v) is 47.7. The molecule has 0 saturated carbocycles. The Morgan fingerprint density at radius 2 is 0.640 bits per heavy atom. The summed E-state index contributed by atoms with van der Waals surface area (Å²) in [6.07, 6.45) is 0. The van der Waals surface area contributed by atoms with Gasteiger partial charge in [0.2, 0.25) is 0 Å². The Hall–Kier alpha value is -11.0. The minimum atomic E-state index is 1.09. The summed E-state index contributed by atoms with van der Waals surface area (Å²) in [4.78, 5) is 4.92. The molecule has 402 valence electrons. The first-order valence-electron chi connectivity index (χ1n) is 29.5. The number of benzene rings is 14. The van der Waals surface area contributed by atoms with E-state index in [0.29, 0.717) is 0 Å². The number of para-hydroxylation sites is 2. The van der Waals surface area contributed by atoms with Gasteiger partial charge in [0.15, 0.2) is 0 Å². The smallest absolute Gasteiger partial charge is 0.0641 e. The Balaban J connectivity index is 0.888. The van der Waals surface area contributed by atoms with E-state index in [2.05, 4.69) is 336 Å². The second kappa shape index (κ2) is 20.4. The van der Waals surface area contributed by atoms with Crippen LogP contribution in [0.1, 0.15) is 0 Å². The van der Waals surface area contributed by atoms with Crippen LogP contribution >= 0.6 is 11.3 Å². The molecular weight excluding hydrogens is 1060 g/mol. The lowest BCUT2D eigenvalue weighted by molar-refractivity contribution is 1.29. The van der Waals surface area contributed by atoms with Crippen LogP contribution in [0.4, 0.5) is 34.1 Å². The second-order valence-corrected chi connectivity index (χ2v) is 23.5. The highest BCUT2D eigenvalue weighted by molar-refractivity contribution is 7.26. The van der Waals surface area contributed by atoms with Crippen LogP contribution in [0.2, 0.25) is 0 Å². The highest BCUT2D eigenvalue weighted by atomic mass is 32.1. The van der Waals surface area contributed by atoms with Crippen LogP contribution in [0, 0.1) is 0 Å². The Bertz CT molecular complexity index is 5260. The van der Waals surface area contributed by atoms with Gasteiger partial charge in [-0.1, -0.05) is 224 Å². The molecular formula is C82H53N3S. The number of hydrogen-bond acceptors (Lipinski definition) is 3. The van der Waals surface area contributed by atoms with Gasteiger partial charge in [-0.25, -0.2) is 0 Å². The van der Waals surface area contributed by atoms with Gasteiger partial charge in [0.25, 0.3) is 0 Å². The fourth-order valence-electron chi connectivity index (χ4n) is 13.5. The molecule has 0 radical (unpaired) electrons. The maximum absolute atomic E-state index is 2.60. The standard InChI is InChI=1S/C82H53N3S/c1-8-22-54(23-9-1)59-36-43-75-74(52-59)80-76(84(65-34-20-7-21-35-65)68-50-62(57-28-14-4-15-29-57)47-63(51-68)58-30-16-5-17-31-58)44-41-72-71-40-39-69-70(81(71)85(75)82(72)80)42-45-77-79(69)73-38-37-66(53-78(73)86-77)83(64-32-18-6-19-33-64)67-48-60(55-24-10-2-11-25-55)46-61(49-67)56-26-12-3-13-27-56/h1-53H. The van der Waals surface area contributed by atoms with Gasteiger partial charge in [0, 0.05) is 75.5 Å². The monoisotopic (exact) mass is 1110 g/mol. The van der Waals surface area contributed by atoms with E-state index in [1.807, 2.05) is 11.3 Å². The molecule has 3 nitrogen and oxygen atoms in total. The summed E-state index contributed by atoms with van der Waals surface area (Å²) >= 11 is 1.88. The molecule has 0 amide bonds. The van der Waals surface area contributed by atoms with E-state index in [1.54, 1.807) is 0 Å². The first-order valence-corrected chi connectivity index (χ1v) is 30.3. The summed E-state index contributed by atoms with van der Waals surface area (Å²) in [7, 11) is 0. The lowest BCUT2D eigenvalue weighted by Gasteiger charge is -2.28. The number of thiophene rings is 1. The van der Waals surface area contributed by atoms with Crippen molar-refractivity contribution in [1.29, 1.82) is 0 Å². The maximum Gasteiger partial charge on any atom is 0.0641 e. The minimum absolute atomic E-state index is 1.09. The number of hydrogen-bond donors (Lipinski definition) is 0. The Kier molecular flexibility index (Phi) is 11.7.